The molecule has 4 N–H and O–H groups in total. The molecule has 8 nitrogen and oxygen atoms in total. The number of hydrogen-bond acceptors (Lipinski definition) is 5. The second-order valence-electron chi connectivity index (χ2n) is 9.27. The first kappa shape index (κ1) is 25.8. The number of hydrogen-bond donors (Lipinski definition) is 3. The molecular weight excluding hydrogens is 524 g/mol. The Morgan fingerprint density at radius 1 is 0.947 bits per heavy atom. The van der Waals surface area contributed by atoms with Crippen LogP contribution in [0.5, 0.6) is 0 Å². The fraction of sp³-hybridized carbons (Fsp3) is 0.179. The number of aromatic nitrogens is 1. The van der Waals surface area contributed by atoms with Crippen molar-refractivity contribution in [1.29, 1.82) is 0 Å². The van der Waals surface area contributed by atoms with Gasteiger partial charge in [0.1, 0.15) is 5.15 Å². The lowest BCUT2D eigenvalue weighted by Crippen LogP contribution is -2.41. The highest BCUT2D eigenvalue weighted by Crippen LogP contribution is 2.30. The Labute approximate surface area is 225 Å². The van der Waals surface area contributed by atoms with E-state index in [4.69, 9.17) is 16.7 Å². The Bertz CT molecular complexity index is 1640. The van der Waals surface area contributed by atoms with Crippen molar-refractivity contribution in [3.63, 3.8) is 0 Å². The first-order chi connectivity index (χ1) is 18.2. The molecule has 0 aliphatic heterocycles. The van der Waals surface area contributed by atoms with Gasteiger partial charge in [0.25, 0.3) is 5.91 Å². The summed E-state index contributed by atoms with van der Waals surface area (Å²) in [6.07, 6.45) is 2.20. The molecule has 5 rings (SSSR count). The van der Waals surface area contributed by atoms with E-state index < -0.39 is 10.0 Å². The number of nitrogens with zero attached hydrogens (tertiary/aromatic N) is 1. The van der Waals surface area contributed by atoms with Gasteiger partial charge in [0.2, 0.25) is 15.9 Å². The van der Waals surface area contributed by atoms with Crippen molar-refractivity contribution in [2.45, 2.75) is 30.2 Å². The quantitative estimate of drug-likeness (QED) is 0.299. The van der Waals surface area contributed by atoms with Crippen LogP contribution in [0, 0.1) is 5.92 Å². The molecule has 0 saturated heterocycles. The molecule has 1 aliphatic carbocycles. The number of amides is 2. The molecule has 0 spiro atoms. The third-order valence-electron chi connectivity index (χ3n) is 6.74. The monoisotopic (exact) mass is 548 g/mol. The maximum atomic E-state index is 13.1. The van der Waals surface area contributed by atoms with E-state index in [1.807, 2.05) is 6.07 Å². The molecule has 1 aliphatic rings. The summed E-state index contributed by atoms with van der Waals surface area (Å²) in [4.78, 5) is 30.4. The summed E-state index contributed by atoms with van der Waals surface area (Å²) in [7, 11) is -3.88. The summed E-state index contributed by atoms with van der Waals surface area (Å²) < 4.78 is 23.9. The molecule has 38 heavy (non-hydrogen) atoms. The number of pyridine rings is 1. The van der Waals surface area contributed by atoms with Crippen molar-refractivity contribution in [3.05, 3.63) is 89.6 Å². The summed E-state index contributed by atoms with van der Waals surface area (Å²) in [5, 5.41) is 12.5. The molecule has 0 unspecified atom stereocenters. The van der Waals surface area contributed by atoms with Gasteiger partial charge in [-0.3, -0.25) is 9.59 Å². The second kappa shape index (κ2) is 10.5. The first-order valence-corrected chi connectivity index (χ1v) is 14.0. The number of primary sulfonamides is 1. The number of anilines is 1. The minimum atomic E-state index is -3.88. The van der Waals surface area contributed by atoms with Crippen molar-refractivity contribution >= 4 is 50.0 Å². The Balaban J connectivity index is 1.26. The average Bonchev–Trinajstić information content (AvgIpc) is 3.36. The van der Waals surface area contributed by atoms with Gasteiger partial charge in [0, 0.05) is 28.2 Å². The van der Waals surface area contributed by atoms with Crippen molar-refractivity contribution in [2.24, 2.45) is 11.1 Å². The largest absolute Gasteiger partial charge is 0.349 e. The van der Waals surface area contributed by atoms with Gasteiger partial charge in [-0.25, -0.2) is 18.5 Å². The van der Waals surface area contributed by atoms with Crippen LogP contribution in [-0.2, 0) is 14.8 Å². The van der Waals surface area contributed by atoms with Gasteiger partial charge in [-0.15, -0.1) is 0 Å². The van der Waals surface area contributed by atoms with E-state index in [-0.39, 0.29) is 28.7 Å². The predicted octanol–water partition coefficient (Wildman–Crippen LogP) is 4.74. The molecule has 1 fully saturated rings. The van der Waals surface area contributed by atoms with Gasteiger partial charge in [0.15, 0.2) is 0 Å². The SMILES string of the molecule is NS(=O)(=O)c1ccccc1-c1ccc(NC(=O)[C@H]2CCC[C@H]2NC(=O)c2ccc3nc(Cl)ccc3c2)cc1. The average molecular weight is 549 g/mol. The first-order valence-electron chi connectivity index (χ1n) is 12.1. The van der Waals surface area contributed by atoms with Crippen LogP contribution in [0.1, 0.15) is 29.6 Å². The van der Waals surface area contributed by atoms with E-state index >= 15 is 0 Å². The van der Waals surface area contributed by atoms with E-state index in [9.17, 15) is 18.0 Å². The summed E-state index contributed by atoms with van der Waals surface area (Å²) in [5.74, 6) is -0.796. The lowest BCUT2D eigenvalue weighted by atomic mass is 10.0. The molecule has 2 amide bonds. The summed E-state index contributed by atoms with van der Waals surface area (Å²) in [6.45, 7) is 0. The smallest absolute Gasteiger partial charge is 0.251 e. The zero-order valence-corrected chi connectivity index (χ0v) is 21.8. The highest BCUT2D eigenvalue weighted by molar-refractivity contribution is 7.89. The van der Waals surface area contributed by atoms with Crippen molar-refractivity contribution in [1.82, 2.24) is 10.3 Å². The molecule has 1 heterocycles. The van der Waals surface area contributed by atoms with Crippen LogP contribution in [-0.4, -0.2) is 31.3 Å². The molecule has 10 heteroatoms. The van der Waals surface area contributed by atoms with Crippen molar-refractivity contribution < 1.29 is 18.0 Å². The van der Waals surface area contributed by atoms with Crippen LogP contribution in [0.25, 0.3) is 22.0 Å². The third-order valence-corrected chi connectivity index (χ3v) is 7.92. The number of benzene rings is 3. The minimum absolute atomic E-state index is 0.0350. The van der Waals surface area contributed by atoms with Gasteiger partial charge in [0.05, 0.1) is 16.3 Å². The molecule has 194 valence electrons. The second-order valence-corrected chi connectivity index (χ2v) is 11.2. The van der Waals surface area contributed by atoms with Gasteiger partial charge in [-0.2, -0.15) is 0 Å². The fourth-order valence-electron chi connectivity index (χ4n) is 4.86. The minimum Gasteiger partial charge on any atom is -0.349 e. The van der Waals surface area contributed by atoms with E-state index in [1.165, 1.54) is 6.07 Å². The number of nitrogens with two attached hydrogens (primary N) is 1. The van der Waals surface area contributed by atoms with Crippen LogP contribution in [0.4, 0.5) is 5.69 Å². The van der Waals surface area contributed by atoms with Crippen LogP contribution in [0.3, 0.4) is 0 Å². The van der Waals surface area contributed by atoms with E-state index in [0.29, 0.717) is 45.9 Å². The predicted molar refractivity (Wildman–Crippen MR) is 147 cm³/mol. The lowest BCUT2D eigenvalue weighted by molar-refractivity contribution is -0.120. The highest BCUT2D eigenvalue weighted by Gasteiger charge is 2.34. The number of fused-ring (bicyclic) bond motifs is 1. The summed E-state index contributed by atoms with van der Waals surface area (Å²) in [6, 6.07) is 21.8. The molecule has 0 bridgehead atoms. The summed E-state index contributed by atoms with van der Waals surface area (Å²) in [5.41, 5.74) is 2.91. The van der Waals surface area contributed by atoms with E-state index in [0.717, 1.165) is 11.8 Å². The zero-order chi connectivity index (χ0) is 26.9. The molecule has 4 aromatic rings. The Morgan fingerprint density at radius 2 is 1.71 bits per heavy atom. The third kappa shape index (κ3) is 5.55. The Morgan fingerprint density at radius 3 is 2.47 bits per heavy atom. The molecule has 2 atom stereocenters. The molecule has 1 aromatic heterocycles. The molecular formula is C28H25ClN4O4S. The standard InChI is InChI=1S/C28H25ClN4O4S/c29-26-15-11-18-16-19(10-14-23(18)32-26)27(34)33-24-6-3-5-22(24)28(35)31-20-12-8-17(9-13-20)21-4-1-2-7-25(21)38(30,36)37/h1-2,4,7-16,22,24H,3,5-6H2,(H,31,35)(H,33,34)(H2,30,36,37)/t22-,24+/m0/s1. The van der Waals surface area contributed by atoms with Crippen LogP contribution >= 0.6 is 11.6 Å². The van der Waals surface area contributed by atoms with Crippen molar-refractivity contribution in [3.8, 4) is 11.1 Å². The van der Waals surface area contributed by atoms with Gasteiger partial charge in [-0.1, -0.05) is 48.4 Å². The van der Waals surface area contributed by atoms with E-state index in [2.05, 4.69) is 15.6 Å². The fourth-order valence-corrected chi connectivity index (χ4v) is 5.78. The maximum absolute atomic E-state index is 13.1. The molecule has 1 saturated carbocycles. The number of halogens is 1. The number of carbonyl (C=O) groups is 2. The normalized spacial score (nSPS) is 17.3. The van der Waals surface area contributed by atoms with Gasteiger partial charge >= 0.3 is 0 Å². The molecule has 3 aromatic carbocycles. The van der Waals surface area contributed by atoms with Crippen LogP contribution in [0.2, 0.25) is 5.15 Å². The number of sulfonamides is 1. The molecule has 0 radical (unpaired) electrons. The number of carbonyl (C=O) groups excluding carboxylic acids is 2. The maximum Gasteiger partial charge on any atom is 0.251 e. The zero-order valence-electron chi connectivity index (χ0n) is 20.2. The number of nitrogens with one attached hydrogen (secondary N) is 2. The number of rotatable bonds is 6. The van der Waals surface area contributed by atoms with Gasteiger partial charge in [-0.05, 0) is 66.9 Å². The Hall–Kier alpha value is -3.79. The summed E-state index contributed by atoms with van der Waals surface area (Å²) >= 11 is 5.94. The lowest BCUT2D eigenvalue weighted by Gasteiger charge is -2.21. The van der Waals surface area contributed by atoms with Crippen molar-refractivity contribution in [2.75, 3.05) is 5.32 Å². The Kier molecular flexibility index (Phi) is 7.16. The topological polar surface area (TPSA) is 131 Å². The van der Waals surface area contributed by atoms with Gasteiger partial charge < -0.3 is 10.6 Å². The van der Waals surface area contributed by atoms with Crippen LogP contribution in [0.15, 0.2) is 83.8 Å². The van der Waals surface area contributed by atoms with E-state index in [1.54, 1.807) is 66.7 Å². The van der Waals surface area contributed by atoms with Crippen LogP contribution < -0.4 is 15.8 Å². The highest BCUT2D eigenvalue weighted by atomic mass is 35.5.